The van der Waals surface area contributed by atoms with Crippen LogP contribution < -0.4 is 20.3 Å². The maximum Gasteiger partial charge on any atom is 0.258 e. The molecule has 0 saturated carbocycles. The van der Waals surface area contributed by atoms with Gasteiger partial charge >= 0.3 is 0 Å². The van der Waals surface area contributed by atoms with Crippen molar-refractivity contribution in [3.8, 4) is 11.5 Å². The van der Waals surface area contributed by atoms with E-state index in [-0.39, 0.29) is 11.6 Å². The van der Waals surface area contributed by atoms with Crippen LogP contribution in [0.15, 0.2) is 47.3 Å². The Bertz CT molecular complexity index is 1010. The van der Waals surface area contributed by atoms with Crippen molar-refractivity contribution in [3.63, 3.8) is 0 Å². The molecule has 2 aromatic heterocycles. The molecule has 0 bridgehead atoms. The minimum atomic E-state index is -0.0627. The summed E-state index contributed by atoms with van der Waals surface area (Å²) in [6.07, 6.45) is 0. The summed E-state index contributed by atoms with van der Waals surface area (Å²) in [6, 6.07) is 13.3. The molecule has 1 atom stereocenters. The SMILES string of the molecule is CCOc1ccc([C@@H](C)NCc2cc(=O)n3c(C)cccc3n2)cc1OCC. The van der Waals surface area contributed by atoms with Crippen molar-refractivity contribution in [1.82, 2.24) is 14.7 Å². The number of hydrogen-bond donors (Lipinski definition) is 1. The lowest BCUT2D eigenvalue weighted by molar-refractivity contribution is 0.287. The van der Waals surface area contributed by atoms with E-state index in [1.807, 2.05) is 57.2 Å². The van der Waals surface area contributed by atoms with Gasteiger partial charge in [-0.1, -0.05) is 12.1 Å². The maximum absolute atomic E-state index is 12.4. The number of rotatable bonds is 8. The third-order valence-corrected chi connectivity index (χ3v) is 4.59. The van der Waals surface area contributed by atoms with Crippen molar-refractivity contribution in [1.29, 1.82) is 0 Å². The zero-order valence-electron chi connectivity index (χ0n) is 16.9. The highest BCUT2D eigenvalue weighted by Gasteiger charge is 2.12. The average molecular weight is 381 g/mol. The standard InChI is InChI=1S/C22H27N3O3/c1-5-27-19-11-10-17(12-20(19)28-6-2)16(4)23-14-18-13-22(26)25-15(3)8-7-9-21(25)24-18/h7-13,16,23H,5-6,14H2,1-4H3/t16-/m1/s1. The summed E-state index contributed by atoms with van der Waals surface area (Å²) in [5.41, 5.74) is 3.28. The molecule has 3 rings (SSSR count). The minimum absolute atomic E-state index is 0.0626. The van der Waals surface area contributed by atoms with Crippen LogP contribution in [0.2, 0.25) is 0 Å². The van der Waals surface area contributed by atoms with Gasteiger partial charge in [-0.15, -0.1) is 0 Å². The summed E-state index contributed by atoms with van der Waals surface area (Å²) in [7, 11) is 0. The summed E-state index contributed by atoms with van der Waals surface area (Å²) < 4.78 is 13.0. The Morgan fingerprint density at radius 2 is 1.82 bits per heavy atom. The first-order valence-electron chi connectivity index (χ1n) is 9.64. The largest absolute Gasteiger partial charge is 0.490 e. The quantitative estimate of drug-likeness (QED) is 0.645. The number of nitrogens with one attached hydrogen (secondary N) is 1. The van der Waals surface area contributed by atoms with Crippen molar-refractivity contribution in [2.45, 2.75) is 40.3 Å². The molecular formula is C22H27N3O3. The van der Waals surface area contributed by atoms with Crippen LogP contribution in [0.1, 0.15) is 43.8 Å². The number of ether oxygens (including phenoxy) is 2. The Morgan fingerprint density at radius 1 is 1.07 bits per heavy atom. The van der Waals surface area contributed by atoms with Crippen LogP contribution in [0, 0.1) is 6.92 Å². The monoisotopic (exact) mass is 381 g/mol. The Hall–Kier alpha value is -2.86. The van der Waals surface area contributed by atoms with Gasteiger partial charge in [-0.2, -0.15) is 0 Å². The van der Waals surface area contributed by atoms with Crippen LogP contribution in [0.25, 0.3) is 5.65 Å². The number of aryl methyl sites for hydroxylation is 1. The molecule has 0 fully saturated rings. The average Bonchev–Trinajstić information content (AvgIpc) is 2.67. The second kappa shape index (κ2) is 8.89. The van der Waals surface area contributed by atoms with E-state index in [4.69, 9.17) is 9.47 Å². The van der Waals surface area contributed by atoms with E-state index in [9.17, 15) is 4.79 Å². The highest BCUT2D eigenvalue weighted by Crippen LogP contribution is 2.30. The van der Waals surface area contributed by atoms with E-state index < -0.39 is 0 Å². The normalized spacial score (nSPS) is 12.1. The van der Waals surface area contributed by atoms with Crippen LogP contribution in [0.3, 0.4) is 0 Å². The van der Waals surface area contributed by atoms with Gasteiger partial charge in [0.25, 0.3) is 5.56 Å². The van der Waals surface area contributed by atoms with Gasteiger partial charge in [0, 0.05) is 24.3 Å². The Kier molecular flexibility index (Phi) is 6.31. The Balaban J connectivity index is 1.77. The molecule has 148 valence electrons. The molecule has 6 heteroatoms. The molecule has 0 aliphatic carbocycles. The first kappa shape index (κ1) is 19.9. The second-order valence-corrected chi connectivity index (χ2v) is 6.62. The summed E-state index contributed by atoms with van der Waals surface area (Å²) in [4.78, 5) is 17.0. The van der Waals surface area contributed by atoms with Crippen LogP contribution >= 0.6 is 0 Å². The highest BCUT2D eigenvalue weighted by atomic mass is 16.5. The van der Waals surface area contributed by atoms with Crippen LogP contribution in [0.4, 0.5) is 0 Å². The lowest BCUT2D eigenvalue weighted by atomic mass is 10.1. The number of pyridine rings is 1. The lowest BCUT2D eigenvalue weighted by Crippen LogP contribution is -2.23. The van der Waals surface area contributed by atoms with E-state index in [0.29, 0.717) is 25.4 Å². The van der Waals surface area contributed by atoms with Gasteiger partial charge in [-0.05, 0) is 57.5 Å². The zero-order valence-corrected chi connectivity index (χ0v) is 16.9. The molecule has 3 aromatic rings. The number of nitrogens with zero attached hydrogens (tertiary/aromatic N) is 2. The molecule has 0 aliphatic heterocycles. The van der Waals surface area contributed by atoms with E-state index in [2.05, 4.69) is 17.2 Å². The summed E-state index contributed by atoms with van der Waals surface area (Å²) in [5.74, 6) is 1.49. The molecule has 0 unspecified atom stereocenters. The van der Waals surface area contributed by atoms with Crippen molar-refractivity contribution >= 4 is 5.65 Å². The van der Waals surface area contributed by atoms with Gasteiger partial charge in [0.05, 0.1) is 18.9 Å². The van der Waals surface area contributed by atoms with Crippen molar-refractivity contribution in [2.24, 2.45) is 0 Å². The third-order valence-electron chi connectivity index (χ3n) is 4.59. The molecule has 0 saturated heterocycles. The summed E-state index contributed by atoms with van der Waals surface area (Å²) in [6.45, 7) is 9.55. The first-order chi connectivity index (χ1) is 13.5. The predicted octanol–water partition coefficient (Wildman–Crippen LogP) is 3.65. The number of benzene rings is 1. The highest BCUT2D eigenvalue weighted by molar-refractivity contribution is 5.44. The molecule has 6 nitrogen and oxygen atoms in total. The number of hydrogen-bond acceptors (Lipinski definition) is 5. The predicted molar refractivity (Wildman–Crippen MR) is 110 cm³/mol. The molecule has 0 spiro atoms. The van der Waals surface area contributed by atoms with Crippen molar-refractivity contribution in [3.05, 3.63) is 69.8 Å². The maximum atomic E-state index is 12.4. The Labute approximate surface area is 165 Å². The van der Waals surface area contributed by atoms with Gasteiger partial charge in [0.15, 0.2) is 11.5 Å². The van der Waals surface area contributed by atoms with Gasteiger partial charge in [-0.25, -0.2) is 4.98 Å². The van der Waals surface area contributed by atoms with E-state index in [1.165, 1.54) is 0 Å². The summed E-state index contributed by atoms with van der Waals surface area (Å²) in [5, 5.41) is 3.44. The molecule has 0 amide bonds. The fourth-order valence-corrected chi connectivity index (χ4v) is 3.17. The van der Waals surface area contributed by atoms with Gasteiger partial charge in [-0.3, -0.25) is 9.20 Å². The van der Waals surface area contributed by atoms with Gasteiger partial charge in [0.1, 0.15) is 5.65 Å². The van der Waals surface area contributed by atoms with Gasteiger partial charge < -0.3 is 14.8 Å². The third kappa shape index (κ3) is 4.34. The van der Waals surface area contributed by atoms with Crippen molar-refractivity contribution in [2.75, 3.05) is 13.2 Å². The molecule has 2 heterocycles. The minimum Gasteiger partial charge on any atom is -0.490 e. The van der Waals surface area contributed by atoms with Crippen molar-refractivity contribution < 1.29 is 9.47 Å². The molecular weight excluding hydrogens is 354 g/mol. The van der Waals surface area contributed by atoms with Crippen LogP contribution in [-0.2, 0) is 6.54 Å². The smallest absolute Gasteiger partial charge is 0.258 e. The fourth-order valence-electron chi connectivity index (χ4n) is 3.17. The first-order valence-corrected chi connectivity index (χ1v) is 9.64. The molecule has 28 heavy (non-hydrogen) atoms. The molecule has 0 radical (unpaired) electrons. The molecule has 1 aromatic carbocycles. The molecule has 0 aliphatic rings. The fraction of sp³-hybridized carbons (Fsp3) is 0.364. The van der Waals surface area contributed by atoms with Crippen LogP contribution in [-0.4, -0.2) is 22.6 Å². The van der Waals surface area contributed by atoms with E-state index >= 15 is 0 Å². The van der Waals surface area contributed by atoms with Crippen LogP contribution in [0.5, 0.6) is 11.5 Å². The Morgan fingerprint density at radius 3 is 2.57 bits per heavy atom. The summed E-state index contributed by atoms with van der Waals surface area (Å²) >= 11 is 0. The second-order valence-electron chi connectivity index (χ2n) is 6.62. The van der Waals surface area contributed by atoms with Gasteiger partial charge in [0.2, 0.25) is 0 Å². The lowest BCUT2D eigenvalue weighted by Gasteiger charge is -2.17. The number of aromatic nitrogens is 2. The number of fused-ring (bicyclic) bond motifs is 1. The van der Waals surface area contributed by atoms with E-state index in [0.717, 1.165) is 28.5 Å². The molecule has 1 N–H and O–H groups in total. The topological polar surface area (TPSA) is 64.9 Å². The zero-order chi connectivity index (χ0) is 20.1. The van der Waals surface area contributed by atoms with E-state index in [1.54, 1.807) is 10.5 Å².